The van der Waals surface area contributed by atoms with Crippen molar-refractivity contribution in [3.8, 4) is 0 Å². The molecule has 5 fully saturated rings. The summed E-state index contributed by atoms with van der Waals surface area (Å²) in [6, 6.07) is 32.6. The van der Waals surface area contributed by atoms with E-state index in [0.29, 0.717) is 0 Å². The minimum absolute atomic E-state index is 0.111. The molecule has 0 nitrogen and oxygen atoms in total. The summed E-state index contributed by atoms with van der Waals surface area (Å²) in [5, 5.41) is 4.62. The van der Waals surface area contributed by atoms with Crippen LogP contribution in [0.25, 0.3) is 0 Å². The van der Waals surface area contributed by atoms with Gasteiger partial charge in [0.25, 0.3) is 0 Å². The predicted molar refractivity (Wildman–Crippen MR) is 180 cm³/mol. The fourth-order valence-corrected chi connectivity index (χ4v) is 18.4. The van der Waals surface area contributed by atoms with Crippen molar-refractivity contribution in [1.29, 1.82) is 0 Å². The molecule has 0 aromatic heterocycles. The zero-order chi connectivity index (χ0) is 27.3. The van der Waals surface area contributed by atoms with E-state index < -0.39 is 7.92 Å². The monoisotopic (exact) mass is 578 g/mol. The Bertz CT molecular complexity index is 1250. The normalized spacial score (nSPS) is 35.4. The van der Waals surface area contributed by atoms with Gasteiger partial charge in [-0.3, -0.25) is 0 Å². The summed E-state index contributed by atoms with van der Waals surface area (Å²) in [6.07, 6.45) is 16.9. The molecule has 0 N–H and O–H groups in total. The van der Waals surface area contributed by atoms with Crippen LogP contribution in [-0.2, 0) is 0 Å². The minimum atomic E-state index is -0.557. The SMILES string of the molecule is C[C@H](C1CCCC1c1ccccc1P(c1ccccc1)c1ccccc1)P([C@@H]1C[C@@H]2CC[C@H]1C2)[C@H]1C[C@@H]2CC[C@H]1C2. The molecule has 0 amide bonds. The molecule has 4 bridgehead atoms. The first-order valence-corrected chi connectivity index (χ1v) is 19.9. The number of hydrogen-bond acceptors (Lipinski definition) is 0. The fraction of sp³-hybridized carbons (Fsp3) is 0.538. The van der Waals surface area contributed by atoms with Gasteiger partial charge in [0.2, 0.25) is 0 Å². The van der Waals surface area contributed by atoms with Crippen molar-refractivity contribution in [3.05, 3.63) is 90.5 Å². The van der Waals surface area contributed by atoms with Crippen molar-refractivity contribution in [3.63, 3.8) is 0 Å². The first-order valence-electron chi connectivity index (χ1n) is 17.0. The fourth-order valence-electron chi connectivity index (χ4n) is 10.8. The molecule has 0 spiro atoms. The molecule has 5 aliphatic rings. The summed E-state index contributed by atoms with van der Waals surface area (Å²) in [5.41, 5.74) is 4.84. The number of rotatable bonds is 8. The van der Waals surface area contributed by atoms with Crippen LogP contribution in [0.4, 0.5) is 0 Å². The Balaban J connectivity index is 1.16. The Kier molecular flexibility index (Phi) is 7.63. The number of hydrogen-bond donors (Lipinski definition) is 0. The first-order chi connectivity index (χ1) is 20.2. The van der Waals surface area contributed by atoms with Gasteiger partial charge in [0, 0.05) is 0 Å². The summed E-state index contributed by atoms with van der Waals surface area (Å²) < 4.78 is 0. The van der Waals surface area contributed by atoms with Crippen LogP contribution in [-0.4, -0.2) is 17.0 Å². The van der Waals surface area contributed by atoms with Gasteiger partial charge in [-0.2, -0.15) is 0 Å². The summed E-state index contributed by atoms with van der Waals surface area (Å²) in [4.78, 5) is 0. The van der Waals surface area contributed by atoms with E-state index in [0.717, 1.165) is 52.5 Å². The highest BCUT2D eigenvalue weighted by Gasteiger charge is 2.53. The van der Waals surface area contributed by atoms with Crippen LogP contribution in [0.15, 0.2) is 84.9 Å². The van der Waals surface area contributed by atoms with Crippen molar-refractivity contribution in [2.75, 3.05) is 0 Å². The maximum absolute atomic E-state index is 2.80. The summed E-state index contributed by atoms with van der Waals surface area (Å²) in [5.74, 6) is 5.96. The lowest BCUT2D eigenvalue weighted by molar-refractivity contribution is 0.433. The van der Waals surface area contributed by atoms with Crippen molar-refractivity contribution in [2.24, 2.45) is 29.6 Å². The van der Waals surface area contributed by atoms with Crippen LogP contribution in [0.1, 0.15) is 89.0 Å². The highest BCUT2D eigenvalue weighted by Crippen LogP contribution is 2.71. The zero-order valence-corrected chi connectivity index (χ0v) is 26.7. The van der Waals surface area contributed by atoms with Gasteiger partial charge in [0.05, 0.1) is 0 Å². The molecule has 2 heteroatoms. The minimum Gasteiger partial charge on any atom is -0.0965 e. The third-order valence-corrected chi connectivity index (χ3v) is 19.1. The molecule has 3 unspecified atom stereocenters. The van der Waals surface area contributed by atoms with E-state index in [4.69, 9.17) is 0 Å². The Morgan fingerprint density at radius 2 is 1.15 bits per heavy atom. The molecule has 214 valence electrons. The molecular weight excluding hydrogens is 530 g/mol. The third-order valence-electron chi connectivity index (χ3n) is 12.4. The largest absolute Gasteiger partial charge is 0.0965 e. The van der Waals surface area contributed by atoms with Crippen LogP contribution in [0.2, 0.25) is 0 Å². The average molecular weight is 579 g/mol. The van der Waals surface area contributed by atoms with Gasteiger partial charge in [0.1, 0.15) is 0 Å². The van der Waals surface area contributed by atoms with E-state index in [1.807, 2.05) is 0 Å². The number of fused-ring (bicyclic) bond motifs is 4. The van der Waals surface area contributed by atoms with Crippen molar-refractivity contribution in [2.45, 2.75) is 100 Å². The Morgan fingerprint density at radius 3 is 1.68 bits per heavy atom. The van der Waals surface area contributed by atoms with E-state index in [1.54, 1.807) is 62.2 Å². The van der Waals surface area contributed by atoms with E-state index in [9.17, 15) is 0 Å². The molecule has 3 aromatic rings. The van der Waals surface area contributed by atoms with Crippen LogP contribution < -0.4 is 15.9 Å². The summed E-state index contributed by atoms with van der Waals surface area (Å²) in [7, 11) is -0.446. The lowest BCUT2D eigenvalue weighted by atomic mass is 9.87. The van der Waals surface area contributed by atoms with E-state index in [-0.39, 0.29) is 7.92 Å². The summed E-state index contributed by atoms with van der Waals surface area (Å²) >= 11 is 0. The Labute approximate surface area is 251 Å². The van der Waals surface area contributed by atoms with Gasteiger partial charge in [-0.05, 0) is 133 Å². The molecule has 0 heterocycles. The van der Waals surface area contributed by atoms with E-state index in [2.05, 4.69) is 91.9 Å². The molecule has 0 aliphatic heterocycles. The molecule has 5 aliphatic carbocycles. The van der Waals surface area contributed by atoms with Gasteiger partial charge in [-0.25, -0.2) is 0 Å². The number of benzene rings is 3. The Hall–Kier alpha value is -1.48. The Morgan fingerprint density at radius 1 is 0.585 bits per heavy atom. The lowest BCUT2D eigenvalue weighted by Crippen LogP contribution is -2.34. The summed E-state index contributed by atoms with van der Waals surface area (Å²) in [6.45, 7) is 2.80. The van der Waals surface area contributed by atoms with Crippen molar-refractivity contribution >= 4 is 31.8 Å². The zero-order valence-electron chi connectivity index (χ0n) is 25.0. The van der Waals surface area contributed by atoms with Gasteiger partial charge in [0.15, 0.2) is 0 Å². The van der Waals surface area contributed by atoms with Crippen LogP contribution in [0.3, 0.4) is 0 Å². The third kappa shape index (κ3) is 4.98. The molecule has 8 rings (SSSR count). The maximum atomic E-state index is 2.80. The van der Waals surface area contributed by atoms with Gasteiger partial charge in [-0.1, -0.05) is 119 Å². The molecule has 5 saturated carbocycles. The average Bonchev–Trinajstić information content (AvgIpc) is 3.86. The highest BCUT2D eigenvalue weighted by atomic mass is 31.1. The predicted octanol–water partition coefficient (Wildman–Crippen LogP) is 9.58. The maximum Gasteiger partial charge on any atom is -0.0116 e. The standard InChI is InChI=1S/C39H48P2/c1-27(40(38-25-28-19-21-30(38)23-28)39-26-29-20-22-31(39)24-29)34-16-10-17-35(34)36-15-8-9-18-37(36)41(32-11-4-2-5-12-32)33-13-6-3-7-14-33/h2-9,11-15,18,27-31,34-35,38-39H,10,16-17,19-26H2,1H3/t27-,28-,29-,30+,31+,34?,35?,38-,39+,40?/m1/s1. The molecule has 10 atom stereocenters. The van der Waals surface area contributed by atoms with Crippen LogP contribution >= 0.6 is 15.8 Å². The van der Waals surface area contributed by atoms with Crippen molar-refractivity contribution < 1.29 is 0 Å². The lowest BCUT2D eigenvalue weighted by Gasteiger charge is -2.45. The van der Waals surface area contributed by atoms with Gasteiger partial charge >= 0.3 is 0 Å². The smallest absolute Gasteiger partial charge is 0.0116 e. The van der Waals surface area contributed by atoms with Crippen molar-refractivity contribution in [1.82, 2.24) is 0 Å². The second-order valence-corrected chi connectivity index (χ2v) is 19.7. The van der Waals surface area contributed by atoms with E-state index >= 15 is 0 Å². The highest BCUT2D eigenvalue weighted by molar-refractivity contribution is 7.79. The molecule has 3 aromatic carbocycles. The molecule has 0 radical (unpaired) electrons. The second-order valence-electron chi connectivity index (χ2n) is 14.4. The topological polar surface area (TPSA) is 0 Å². The first kappa shape index (κ1) is 27.1. The van der Waals surface area contributed by atoms with Crippen LogP contribution in [0, 0.1) is 29.6 Å². The molecule has 41 heavy (non-hydrogen) atoms. The van der Waals surface area contributed by atoms with Gasteiger partial charge < -0.3 is 0 Å². The second kappa shape index (κ2) is 11.5. The van der Waals surface area contributed by atoms with E-state index in [1.165, 1.54) is 29.9 Å². The molecular formula is C39H48P2. The quantitative estimate of drug-likeness (QED) is 0.234. The van der Waals surface area contributed by atoms with Gasteiger partial charge in [-0.15, -0.1) is 0 Å². The molecule has 0 saturated heterocycles. The van der Waals surface area contributed by atoms with Crippen LogP contribution in [0.5, 0.6) is 0 Å².